The van der Waals surface area contributed by atoms with Gasteiger partial charge in [0.2, 0.25) is 0 Å². The van der Waals surface area contributed by atoms with Crippen LogP contribution < -0.4 is 4.90 Å². The van der Waals surface area contributed by atoms with E-state index >= 15 is 0 Å². The van der Waals surface area contributed by atoms with Crippen LogP contribution in [0.4, 0.5) is 10.5 Å². The number of carbonyl (C=O) groups is 1. The topological polar surface area (TPSA) is 85.6 Å². The van der Waals surface area contributed by atoms with Gasteiger partial charge in [-0.3, -0.25) is 0 Å². The lowest BCUT2D eigenvalue weighted by Gasteiger charge is -2.39. The fraction of sp³-hybridized carbons (Fsp3) is 0.600. The first-order valence-corrected chi connectivity index (χ1v) is 18.2. The van der Waals surface area contributed by atoms with Crippen molar-refractivity contribution in [1.29, 1.82) is 0 Å². The number of rotatable bonds is 7. The molecule has 3 aromatic heterocycles. The predicted octanol–water partition coefficient (Wildman–Crippen LogP) is 6.03. The van der Waals surface area contributed by atoms with E-state index in [1.807, 2.05) is 44.3 Å². The Labute approximate surface area is 238 Å². The molecule has 2 saturated heterocycles. The molecule has 0 aromatic carbocycles. The van der Waals surface area contributed by atoms with Gasteiger partial charge in [0, 0.05) is 82.5 Å². The van der Waals surface area contributed by atoms with Gasteiger partial charge in [-0.05, 0) is 57.6 Å². The Morgan fingerprint density at radius 2 is 1.77 bits per heavy atom. The number of pyridine rings is 1. The summed E-state index contributed by atoms with van der Waals surface area (Å²) in [5.74, 6) is 0. The maximum absolute atomic E-state index is 12.6. The molecule has 0 radical (unpaired) electrons. The Hall–Kier alpha value is -2.98. The SMILES string of the molecule is CC(C)(C)OC(=O)N1CCC2(CC1)CCN(c1ccnc3c1c(-c1cncnc1)cn3COCC[Si](C)(C)C)C2. The Morgan fingerprint density at radius 3 is 2.45 bits per heavy atom. The lowest BCUT2D eigenvalue weighted by atomic mass is 9.78. The Morgan fingerprint density at radius 1 is 1.07 bits per heavy atom. The van der Waals surface area contributed by atoms with Crippen LogP contribution in [0.5, 0.6) is 0 Å². The van der Waals surface area contributed by atoms with Crippen LogP contribution in [-0.2, 0) is 16.2 Å². The summed E-state index contributed by atoms with van der Waals surface area (Å²) >= 11 is 0. The molecule has 3 aromatic rings. The normalized spacial score (nSPS) is 17.6. The van der Waals surface area contributed by atoms with Crippen LogP contribution in [0.15, 0.2) is 37.2 Å². The monoisotopic (exact) mass is 564 g/mol. The smallest absolute Gasteiger partial charge is 0.410 e. The number of anilines is 1. The van der Waals surface area contributed by atoms with Gasteiger partial charge in [0.05, 0.1) is 5.39 Å². The maximum Gasteiger partial charge on any atom is 0.410 e. The highest BCUT2D eigenvalue weighted by molar-refractivity contribution is 6.76. The van der Waals surface area contributed by atoms with Crippen LogP contribution in [-0.4, -0.2) is 77.0 Å². The van der Waals surface area contributed by atoms with Gasteiger partial charge in [0.25, 0.3) is 0 Å². The van der Waals surface area contributed by atoms with E-state index in [2.05, 4.69) is 51.3 Å². The number of piperidine rings is 1. The van der Waals surface area contributed by atoms with Crippen molar-refractivity contribution < 1.29 is 14.3 Å². The molecule has 2 aliphatic rings. The summed E-state index contributed by atoms with van der Waals surface area (Å²) in [6.45, 7) is 17.5. The van der Waals surface area contributed by atoms with Crippen LogP contribution in [0.25, 0.3) is 22.2 Å². The van der Waals surface area contributed by atoms with Crippen molar-refractivity contribution in [3.63, 3.8) is 0 Å². The lowest BCUT2D eigenvalue weighted by Crippen LogP contribution is -2.46. The van der Waals surface area contributed by atoms with E-state index in [1.165, 1.54) is 5.69 Å². The summed E-state index contributed by atoms with van der Waals surface area (Å²) in [7, 11) is -1.17. The van der Waals surface area contributed by atoms with E-state index in [0.29, 0.717) is 6.73 Å². The summed E-state index contributed by atoms with van der Waals surface area (Å²) in [5.41, 5.74) is 3.89. The van der Waals surface area contributed by atoms with Gasteiger partial charge in [0.15, 0.2) is 0 Å². The molecule has 0 N–H and O–H groups in total. The Kier molecular flexibility index (Phi) is 7.94. The van der Waals surface area contributed by atoms with Gasteiger partial charge in [-0.1, -0.05) is 19.6 Å². The van der Waals surface area contributed by atoms with Gasteiger partial charge in [-0.2, -0.15) is 0 Å². The number of ether oxygens (including phenoxy) is 2. The second-order valence-corrected chi connectivity index (χ2v) is 19.3. The average molecular weight is 565 g/mol. The third-order valence-electron chi connectivity index (χ3n) is 8.09. The van der Waals surface area contributed by atoms with Gasteiger partial charge in [0.1, 0.15) is 24.3 Å². The maximum atomic E-state index is 12.6. The highest BCUT2D eigenvalue weighted by Crippen LogP contribution is 2.45. The molecule has 5 rings (SSSR count). The largest absolute Gasteiger partial charge is 0.444 e. The molecule has 1 spiro atoms. The molecule has 1 amide bonds. The van der Waals surface area contributed by atoms with Gasteiger partial charge in [-0.25, -0.2) is 19.7 Å². The molecule has 0 aliphatic carbocycles. The molecular weight excluding hydrogens is 520 g/mol. The minimum Gasteiger partial charge on any atom is -0.444 e. The number of likely N-dealkylation sites (tertiary alicyclic amines) is 1. The van der Waals surface area contributed by atoms with E-state index in [4.69, 9.17) is 14.5 Å². The average Bonchev–Trinajstić information content (AvgIpc) is 3.48. The van der Waals surface area contributed by atoms with E-state index < -0.39 is 13.7 Å². The first-order chi connectivity index (χ1) is 18.9. The molecule has 0 saturated carbocycles. The van der Waals surface area contributed by atoms with Crippen molar-refractivity contribution in [3.8, 4) is 11.1 Å². The second kappa shape index (κ2) is 11.1. The number of carbonyl (C=O) groups excluding carboxylic acids is 1. The third kappa shape index (κ3) is 6.49. The first kappa shape index (κ1) is 28.5. The van der Waals surface area contributed by atoms with E-state index in [-0.39, 0.29) is 11.5 Å². The molecule has 216 valence electrons. The third-order valence-corrected chi connectivity index (χ3v) is 9.79. The van der Waals surface area contributed by atoms with Crippen LogP contribution >= 0.6 is 0 Å². The summed E-state index contributed by atoms with van der Waals surface area (Å²) in [4.78, 5) is 30.4. The van der Waals surface area contributed by atoms with E-state index in [9.17, 15) is 4.79 Å². The summed E-state index contributed by atoms with van der Waals surface area (Å²) < 4.78 is 13.9. The van der Waals surface area contributed by atoms with Crippen molar-refractivity contribution in [2.75, 3.05) is 37.7 Å². The van der Waals surface area contributed by atoms with Crippen molar-refractivity contribution in [1.82, 2.24) is 24.4 Å². The molecule has 2 fully saturated rings. The lowest BCUT2D eigenvalue weighted by molar-refractivity contribution is 0.0122. The zero-order chi connectivity index (χ0) is 28.5. The summed E-state index contributed by atoms with van der Waals surface area (Å²) in [6, 6.07) is 3.27. The van der Waals surface area contributed by atoms with Crippen LogP contribution in [0.1, 0.15) is 40.0 Å². The molecular formula is C30H44N6O3Si. The number of hydrogen-bond donors (Lipinski definition) is 0. The van der Waals surface area contributed by atoms with Crippen molar-refractivity contribution in [2.45, 2.75) is 78.1 Å². The van der Waals surface area contributed by atoms with E-state index in [1.54, 1.807) is 6.33 Å². The fourth-order valence-electron chi connectivity index (χ4n) is 5.80. The molecule has 5 heterocycles. The van der Waals surface area contributed by atoms with Crippen molar-refractivity contribution in [3.05, 3.63) is 37.2 Å². The molecule has 9 nitrogen and oxygen atoms in total. The molecule has 0 unspecified atom stereocenters. The van der Waals surface area contributed by atoms with Gasteiger partial charge < -0.3 is 23.8 Å². The number of aromatic nitrogens is 4. The fourth-order valence-corrected chi connectivity index (χ4v) is 6.55. The standard InChI is InChI=1S/C30H44N6O3Si/c1-29(2,3)39-28(37)34-12-8-30(9-13-34)10-14-35(20-30)25-7-11-33-27-26(25)24(23-17-31-21-32-18-23)19-36(27)22-38-15-16-40(4,5)6/h7,11,17-19,21H,8-10,12-16,20,22H2,1-6H3. The Bertz CT molecular complexity index is 1320. The number of amides is 1. The first-order valence-electron chi connectivity index (χ1n) is 14.5. The van der Waals surface area contributed by atoms with Crippen molar-refractivity contribution in [2.24, 2.45) is 5.41 Å². The summed E-state index contributed by atoms with van der Waals surface area (Å²) in [5, 5.41) is 1.12. The zero-order valence-electron chi connectivity index (χ0n) is 24.9. The minimum absolute atomic E-state index is 0.198. The van der Waals surface area contributed by atoms with Gasteiger partial charge in [-0.15, -0.1) is 0 Å². The minimum atomic E-state index is -1.17. The van der Waals surface area contributed by atoms with Crippen LogP contribution in [0, 0.1) is 5.41 Å². The molecule has 2 aliphatic heterocycles. The highest BCUT2D eigenvalue weighted by Gasteiger charge is 2.42. The highest BCUT2D eigenvalue weighted by atomic mass is 28.3. The van der Waals surface area contributed by atoms with Crippen LogP contribution in [0.3, 0.4) is 0 Å². The summed E-state index contributed by atoms with van der Waals surface area (Å²) in [6.07, 6.45) is 12.2. The number of fused-ring (bicyclic) bond motifs is 1. The second-order valence-electron chi connectivity index (χ2n) is 13.7. The van der Waals surface area contributed by atoms with E-state index in [0.717, 1.165) is 80.3 Å². The quantitative estimate of drug-likeness (QED) is 0.256. The molecule has 10 heteroatoms. The number of nitrogens with zero attached hydrogens (tertiary/aromatic N) is 6. The molecule has 0 bridgehead atoms. The van der Waals surface area contributed by atoms with Crippen molar-refractivity contribution >= 4 is 30.9 Å². The van der Waals surface area contributed by atoms with Crippen LogP contribution in [0.2, 0.25) is 25.7 Å². The predicted molar refractivity (Wildman–Crippen MR) is 161 cm³/mol. The molecule has 40 heavy (non-hydrogen) atoms. The molecule has 0 atom stereocenters. The number of hydrogen-bond acceptors (Lipinski definition) is 7. The van der Waals surface area contributed by atoms with Gasteiger partial charge >= 0.3 is 6.09 Å². The Balaban J connectivity index is 1.37. The zero-order valence-corrected chi connectivity index (χ0v) is 25.9.